The highest BCUT2D eigenvalue weighted by atomic mass is 16.5. The van der Waals surface area contributed by atoms with Gasteiger partial charge in [-0.2, -0.15) is 0 Å². The molecule has 1 unspecified atom stereocenters. The Morgan fingerprint density at radius 1 is 1.08 bits per heavy atom. The smallest absolute Gasteiger partial charge is 0.119 e. The maximum Gasteiger partial charge on any atom is 0.119 e. The van der Waals surface area contributed by atoms with Gasteiger partial charge in [0.05, 0.1) is 19.8 Å². The van der Waals surface area contributed by atoms with E-state index >= 15 is 0 Å². The molecule has 5 nitrogen and oxygen atoms in total. The van der Waals surface area contributed by atoms with Crippen molar-refractivity contribution in [3.8, 4) is 5.75 Å². The van der Waals surface area contributed by atoms with Crippen molar-refractivity contribution in [3.05, 3.63) is 29.8 Å². The van der Waals surface area contributed by atoms with E-state index in [1.165, 1.54) is 5.56 Å². The second-order valence-electron chi connectivity index (χ2n) is 7.24. The van der Waals surface area contributed by atoms with Crippen LogP contribution in [0.3, 0.4) is 0 Å². The second kappa shape index (κ2) is 8.99. The third kappa shape index (κ3) is 4.73. The molecule has 25 heavy (non-hydrogen) atoms. The van der Waals surface area contributed by atoms with Crippen molar-refractivity contribution in [2.75, 3.05) is 52.7 Å². The van der Waals surface area contributed by atoms with E-state index in [9.17, 15) is 0 Å². The van der Waals surface area contributed by atoms with Crippen LogP contribution in [0.25, 0.3) is 0 Å². The maximum absolute atomic E-state index is 6.34. The van der Waals surface area contributed by atoms with Gasteiger partial charge in [-0.1, -0.05) is 12.1 Å². The van der Waals surface area contributed by atoms with Crippen LogP contribution in [0, 0.1) is 0 Å². The van der Waals surface area contributed by atoms with Gasteiger partial charge in [-0.3, -0.25) is 4.90 Å². The van der Waals surface area contributed by atoms with E-state index < -0.39 is 0 Å². The zero-order valence-electron chi connectivity index (χ0n) is 15.4. The van der Waals surface area contributed by atoms with Gasteiger partial charge in [-0.25, -0.2) is 0 Å². The van der Waals surface area contributed by atoms with Crippen LogP contribution in [0.1, 0.15) is 31.7 Å². The van der Waals surface area contributed by atoms with Gasteiger partial charge >= 0.3 is 0 Å². The molecule has 5 heteroatoms. The van der Waals surface area contributed by atoms with Gasteiger partial charge in [0.15, 0.2) is 0 Å². The molecule has 0 aliphatic carbocycles. The minimum atomic E-state index is 0.0348. The lowest BCUT2D eigenvalue weighted by Crippen LogP contribution is -2.47. The van der Waals surface area contributed by atoms with Gasteiger partial charge in [0.1, 0.15) is 5.75 Å². The first-order chi connectivity index (χ1) is 12.2. The molecule has 0 spiro atoms. The third-order valence-corrected chi connectivity index (χ3v) is 5.68. The number of rotatable bonds is 7. The quantitative estimate of drug-likeness (QED) is 0.766. The van der Waals surface area contributed by atoms with Crippen LogP contribution in [0.15, 0.2) is 24.3 Å². The zero-order chi connectivity index (χ0) is 17.5. The van der Waals surface area contributed by atoms with Crippen LogP contribution in [-0.2, 0) is 14.9 Å². The van der Waals surface area contributed by atoms with Crippen LogP contribution in [0.5, 0.6) is 5.75 Å². The SMILES string of the molecule is CC(N)C1(c2ccc(OCCCN3CCOCC3)cc2)CCOCC1. The monoisotopic (exact) mass is 348 g/mol. The fraction of sp³-hybridized carbons (Fsp3) is 0.700. The average molecular weight is 348 g/mol. The van der Waals surface area contributed by atoms with Crippen molar-refractivity contribution in [2.45, 2.75) is 37.6 Å². The lowest BCUT2D eigenvalue weighted by molar-refractivity contribution is 0.0358. The number of morpholine rings is 1. The summed E-state index contributed by atoms with van der Waals surface area (Å²) in [7, 11) is 0. The summed E-state index contributed by atoms with van der Waals surface area (Å²) < 4.78 is 16.8. The highest BCUT2D eigenvalue weighted by Crippen LogP contribution is 2.37. The first-order valence-electron chi connectivity index (χ1n) is 9.57. The number of ether oxygens (including phenoxy) is 3. The van der Waals surface area contributed by atoms with E-state index in [1.807, 2.05) is 0 Å². The fourth-order valence-electron chi connectivity index (χ4n) is 3.93. The minimum absolute atomic E-state index is 0.0348. The molecule has 140 valence electrons. The molecule has 0 radical (unpaired) electrons. The molecule has 2 heterocycles. The Kier molecular flexibility index (Phi) is 6.70. The molecule has 2 saturated heterocycles. The first kappa shape index (κ1) is 18.6. The van der Waals surface area contributed by atoms with Gasteiger partial charge in [-0.15, -0.1) is 0 Å². The summed E-state index contributed by atoms with van der Waals surface area (Å²) in [6, 6.07) is 8.67. The van der Waals surface area contributed by atoms with Gasteiger partial charge in [0, 0.05) is 44.3 Å². The molecule has 0 bridgehead atoms. The van der Waals surface area contributed by atoms with Gasteiger partial charge in [0.2, 0.25) is 0 Å². The molecule has 1 atom stereocenters. The van der Waals surface area contributed by atoms with E-state index in [4.69, 9.17) is 19.9 Å². The Bertz CT molecular complexity index is 506. The summed E-state index contributed by atoms with van der Waals surface area (Å²) in [6.45, 7) is 9.32. The van der Waals surface area contributed by atoms with Crippen molar-refractivity contribution >= 4 is 0 Å². The van der Waals surface area contributed by atoms with E-state index in [2.05, 4.69) is 36.1 Å². The Morgan fingerprint density at radius 3 is 2.36 bits per heavy atom. The minimum Gasteiger partial charge on any atom is -0.494 e. The standard InChI is InChI=1S/C20H32N2O3/c1-17(21)20(7-13-23-14-8-20)18-3-5-19(6-4-18)25-12-2-9-22-10-15-24-16-11-22/h3-6,17H,2,7-16,21H2,1H3. The lowest BCUT2D eigenvalue weighted by Gasteiger charge is -2.41. The van der Waals surface area contributed by atoms with Gasteiger partial charge < -0.3 is 19.9 Å². The molecule has 2 aliphatic heterocycles. The molecular weight excluding hydrogens is 316 g/mol. The third-order valence-electron chi connectivity index (χ3n) is 5.68. The van der Waals surface area contributed by atoms with Crippen molar-refractivity contribution in [3.63, 3.8) is 0 Å². The summed E-state index contributed by atoms with van der Waals surface area (Å²) >= 11 is 0. The molecule has 2 aliphatic rings. The Hall–Kier alpha value is -1.14. The molecule has 3 rings (SSSR count). The Balaban J connectivity index is 1.49. The fourth-order valence-corrected chi connectivity index (χ4v) is 3.93. The van der Waals surface area contributed by atoms with Gasteiger partial charge in [0.25, 0.3) is 0 Å². The summed E-state index contributed by atoms with van der Waals surface area (Å²) in [5, 5.41) is 0. The van der Waals surface area contributed by atoms with Crippen LogP contribution in [0.2, 0.25) is 0 Å². The van der Waals surface area contributed by atoms with Crippen LogP contribution >= 0.6 is 0 Å². The molecule has 0 saturated carbocycles. The van der Waals surface area contributed by atoms with Crippen molar-refractivity contribution in [1.82, 2.24) is 4.90 Å². The van der Waals surface area contributed by atoms with Crippen LogP contribution in [0.4, 0.5) is 0 Å². The Morgan fingerprint density at radius 2 is 1.72 bits per heavy atom. The molecule has 1 aromatic rings. The average Bonchev–Trinajstić information content (AvgIpc) is 2.67. The highest BCUT2D eigenvalue weighted by Gasteiger charge is 2.37. The van der Waals surface area contributed by atoms with E-state index in [0.29, 0.717) is 0 Å². The summed E-state index contributed by atoms with van der Waals surface area (Å²) in [6.07, 6.45) is 3.03. The molecule has 0 amide bonds. The summed E-state index contributed by atoms with van der Waals surface area (Å²) in [5.41, 5.74) is 7.69. The molecule has 2 fully saturated rings. The zero-order valence-corrected chi connectivity index (χ0v) is 15.4. The summed E-state index contributed by atoms with van der Waals surface area (Å²) in [4.78, 5) is 2.44. The highest BCUT2D eigenvalue weighted by molar-refractivity contribution is 5.34. The van der Waals surface area contributed by atoms with Crippen molar-refractivity contribution in [1.29, 1.82) is 0 Å². The number of nitrogens with zero attached hydrogens (tertiary/aromatic N) is 1. The van der Waals surface area contributed by atoms with Crippen molar-refractivity contribution in [2.24, 2.45) is 5.73 Å². The van der Waals surface area contributed by atoms with E-state index in [-0.39, 0.29) is 11.5 Å². The number of hydrogen-bond donors (Lipinski definition) is 1. The first-order valence-corrected chi connectivity index (χ1v) is 9.57. The summed E-state index contributed by atoms with van der Waals surface area (Å²) in [5.74, 6) is 0.942. The largest absolute Gasteiger partial charge is 0.494 e. The van der Waals surface area contributed by atoms with Crippen molar-refractivity contribution < 1.29 is 14.2 Å². The normalized spacial score (nSPS) is 22.5. The number of hydrogen-bond acceptors (Lipinski definition) is 5. The molecule has 0 aromatic heterocycles. The lowest BCUT2D eigenvalue weighted by atomic mass is 9.69. The van der Waals surface area contributed by atoms with E-state index in [0.717, 1.165) is 77.7 Å². The maximum atomic E-state index is 6.34. The van der Waals surface area contributed by atoms with Crippen LogP contribution in [-0.4, -0.2) is 63.6 Å². The predicted octanol–water partition coefficient (Wildman–Crippen LogP) is 2.18. The number of benzene rings is 1. The Labute approximate surface area is 151 Å². The topological polar surface area (TPSA) is 57.0 Å². The molecule has 1 aromatic carbocycles. The molecule has 2 N–H and O–H groups in total. The van der Waals surface area contributed by atoms with Crippen LogP contribution < -0.4 is 10.5 Å². The number of nitrogens with two attached hydrogens (primary N) is 1. The molecular formula is C20H32N2O3. The van der Waals surface area contributed by atoms with E-state index in [1.54, 1.807) is 0 Å². The second-order valence-corrected chi connectivity index (χ2v) is 7.24. The predicted molar refractivity (Wildman–Crippen MR) is 99.2 cm³/mol. The van der Waals surface area contributed by atoms with Gasteiger partial charge in [-0.05, 0) is 43.9 Å².